The quantitative estimate of drug-likeness (QED) is 0.762. The molecule has 2 aromatic rings. The third kappa shape index (κ3) is 1.17. The first-order valence-corrected chi connectivity index (χ1v) is 5.31. The lowest BCUT2D eigenvalue weighted by Crippen LogP contribution is -2.04. The molecule has 1 aliphatic rings. The summed E-state index contributed by atoms with van der Waals surface area (Å²) in [5.41, 5.74) is 2.72. The molecular formula is C13H11N3. The largest absolute Gasteiger partial charge is 0.240 e. The van der Waals surface area contributed by atoms with E-state index >= 15 is 0 Å². The molecule has 3 nitrogen and oxygen atoms in total. The van der Waals surface area contributed by atoms with Crippen molar-refractivity contribution in [1.29, 1.82) is 5.26 Å². The van der Waals surface area contributed by atoms with Gasteiger partial charge in [-0.25, -0.2) is 4.52 Å². The maximum absolute atomic E-state index is 9.14. The number of hydrogen-bond acceptors (Lipinski definition) is 2. The smallest absolute Gasteiger partial charge is 0.0855 e. The van der Waals surface area contributed by atoms with Crippen LogP contribution < -0.4 is 0 Å². The SMILES string of the molecule is C=Cc1cc2ccc(C3(C#N)CC3)cn2n1. The Bertz CT molecular complexity index is 612. The lowest BCUT2D eigenvalue weighted by atomic mass is 10.00. The summed E-state index contributed by atoms with van der Waals surface area (Å²) in [5, 5.41) is 13.5. The van der Waals surface area contributed by atoms with Crippen molar-refractivity contribution in [2.75, 3.05) is 0 Å². The molecule has 0 aromatic carbocycles. The van der Waals surface area contributed by atoms with Crippen LogP contribution in [0, 0.1) is 11.3 Å². The van der Waals surface area contributed by atoms with Gasteiger partial charge in [-0.15, -0.1) is 0 Å². The summed E-state index contributed by atoms with van der Waals surface area (Å²) in [7, 11) is 0. The lowest BCUT2D eigenvalue weighted by Gasteiger charge is -2.05. The van der Waals surface area contributed by atoms with Crippen molar-refractivity contribution < 1.29 is 0 Å². The second-order valence-electron chi connectivity index (χ2n) is 4.25. The molecule has 0 unspecified atom stereocenters. The molecule has 16 heavy (non-hydrogen) atoms. The van der Waals surface area contributed by atoms with E-state index in [0.29, 0.717) is 0 Å². The van der Waals surface area contributed by atoms with E-state index in [1.54, 1.807) is 6.08 Å². The van der Waals surface area contributed by atoms with Crippen molar-refractivity contribution in [3.63, 3.8) is 0 Å². The molecule has 78 valence electrons. The Balaban J connectivity index is 2.16. The monoisotopic (exact) mass is 209 g/mol. The van der Waals surface area contributed by atoms with Gasteiger partial charge in [0.25, 0.3) is 0 Å². The van der Waals surface area contributed by atoms with Crippen molar-refractivity contribution in [2.24, 2.45) is 0 Å². The minimum Gasteiger partial charge on any atom is -0.240 e. The summed E-state index contributed by atoms with van der Waals surface area (Å²) in [6, 6.07) is 8.40. The fourth-order valence-corrected chi connectivity index (χ4v) is 1.98. The average molecular weight is 209 g/mol. The Morgan fingerprint density at radius 2 is 2.31 bits per heavy atom. The summed E-state index contributed by atoms with van der Waals surface area (Å²) in [6.45, 7) is 3.70. The predicted molar refractivity (Wildman–Crippen MR) is 61.8 cm³/mol. The van der Waals surface area contributed by atoms with Crippen LogP contribution in [0.5, 0.6) is 0 Å². The Morgan fingerprint density at radius 3 is 2.94 bits per heavy atom. The second kappa shape index (κ2) is 2.96. The first-order valence-electron chi connectivity index (χ1n) is 5.31. The van der Waals surface area contributed by atoms with E-state index < -0.39 is 0 Å². The average Bonchev–Trinajstić information content (AvgIpc) is 3.01. The number of rotatable bonds is 2. The fourth-order valence-electron chi connectivity index (χ4n) is 1.98. The first-order chi connectivity index (χ1) is 7.77. The van der Waals surface area contributed by atoms with Crippen LogP contribution in [0.15, 0.2) is 31.0 Å². The number of hydrogen-bond donors (Lipinski definition) is 0. The molecule has 0 saturated heterocycles. The standard InChI is InChI=1S/C13H11N3/c1-2-11-7-12-4-3-10(8-16(12)15-11)13(9-14)5-6-13/h2-4,7-8H,1,5-6H2. The minimum atomic E-state index is -0.242. The minimum absolute atomic E-state index is 0.242. The van der Waals surface area contributed by atoms with Gasteiger partial charge in [-0.1, -0.05) is 12.6 Å². The normalized spacial score (nSPS) is 16.9. The molecule has 0 spiro atoms. The van der Waals surface area contributed by atoms with E-state index in [9.17, 15) is 0 Å². The van der Waals surface area contributed by atoms with Gasteiger partial charge in [0.15, 0.2) is 0 Å². The van der Waals surface area contributed by atoms with Crippen molar-refractivity contribution in [3.05, 3.63) is 42.2 Å². The Morgan fingerprint density at radius 1 is 1.50 bits per heavy atom. The molecular weight excluding hydrogens is 198 g/mol. The highest BCUT2D eigenvalue weighted by Crippen LogP contribution is 2.47. The van der Waals surface area contributed by atoms with E-state index in [2.05, 4.69) is 17.7 Å². The molecule has 1 fully saturated rings. The van der Waals surface area contributed by atoms with Gasteiger partial charge in [-0.05, 0) is 36.6 Å². The van der Waals surface area contributed by atoms with Crippen LogP contribution in [0.1, 0.15) is 24.1 Å². The highest BCUT2D eigenvalue weighted by Gasteiger charge is 2.45. The molecule has 0 N–H and O–H groups in total. The van der Waals surface area contributed by atoms with E-state index in [4.69, 9.17) is 5.26 Å². The molecule has 0 radical (unpaired) electrons. The maximum atomic E-state index is 9.14. The van der Waals surface area contributed by atoms with Gasteiger partial charge < -0.3 is 0 Å². The topological polar surface area (TPSA) is 41.1 Å². The second-order valence-corrected chi connectivity index (χ2v) is 4.25. The molecule has 3 heteroatoms. The Labute approximate surface area is 93.6 Å². The van der Waals surface area contributed by atoms with Gasteiger partial charge in [0, 0.05) is 6.20 Å². The van der Waals surface area contributed by atoms with E-state index in [0.717, 1.165) is 29.6 Å². The zero-order chi connectivity index (χ0) is 11.2. The number of pyridine rings is 1. The summed E-state index contributed by atoms with van der Waals surface area (Å²) < 4.78 is 1.82. The summed E-state index contributed by atoms with van der Waals surface area (Å²) in [4.78, 5) is 0. The van der Waals surface area contributed by atoms with Crippen LogP contribution in [0.2, 0.25) is 0 Å². The maximum Gasteiger partial charge on any atom is 0.0855 e. The third-order valence-electron chi connectivity index (χ3n) is 3.20. The van der Waals surface area contributed by atoms with E-state index in [-0.39, 0.29) is 5.41 Å². The molecule has 1 aliphatic carbocycles. The number of nitrogens with zero attached hydrogens (tertiary/aromatic N) is 3. The van der Waals surface area contributed by atoms with Gasteiger partial charge in [-0.3, -0.25) is 0 Å². The van der Waals surface area contributed by atoms with Gasteiger partial charge in [0.1, 0.15) is 0 Å². The number of nitriles is 1. The van der Waals surface area contributed by atoms with Crippen molar-refractivity contribution in [2.45, 2.75) is 18.3 Å². The highest BCUT2D eigenvalue weighted by molar-refractivity contribution is 5.56. The summed E-state index contributed by atoms with van der Waals surface area (Å²) in [5.74, 6) is 0. The van der Waals surface area contributed by atoms with E-state index in [1.165, 1.54) is 0 Å². The van der Waals surface area contributed by atoms with Crippen LogP contribution in [0.4, 0.5) is 0 Å². The van der Waals surface area contributed by atoms with Gasteiger partial charge in [-0.2, -0.15) is 10.4 Å². The molecule has 0 atom stereocenters. The first kappa shape index (κ1) is 9.17. The van der Waals surface area contributed by atoms with Crippen molar-refractivity contribution in [1.82, 2.24) is 9.61 Å². The molecule has 1 saturated carbocycles. The van der Waals surface area contributed by atoms with Crippen LogP contribution in [0.3, 0.4) is 0 Å². The van der Waals surface area contributed by atoms with Crippen molar-refractivity contribution >= 4 is 11.6 Å². The van der Waals surface area contributed by atoms with Crippen LogP contribution >= 0.6 is 0 Å². The third-order valence-corrected chi connectivity index (χ3v) is 3.20. The summed E-state index contributed by atoms with van der Waals surface area (Å²) in [6.07, 6.45) is 5.61. The molecule has 2 heterocycles. The molecule has 0 amide bonds. The van der Waals surface area contributed by atoms with Crippen LogP contribution in [-0.2, 0) is 5.41 Å². The van der Waals surface area contributed by atoms with E-state index in [1.807, 2.05) is 28.9 Å². The van der Waals surface area contributed by atoms with Crippen molar-refractivity contribution in [3.8, 4) is 6.07 Å². The summed E-state index contributed by atoms with van der Waals surface area (Å²) >= 11 is 0. The Hall–Kier alpha value is -2.08. The van der Waals surface area contributed by atoms with Gasteiger partial charge in [0.05, 0.1) is 22.7 Å². The Kier molecular flexibility index (Phi) is 1.69. The van der Waals surface area contributed by atoms with Crippen LogP contribution in [0.25, 0.3) is 11.6 Å². The molecule has 0 bridgehead atoms. The molecule has 0 aliphatic heterocycles. The zero-order valence-electron chi connectivity index (χ0n) is 8.85. The lowest BCUT2D eigenvalue weighted by molar-refractivity contribution is 0.860. The highest BCUT2D eigenvalue weighted by atomic mass is 15.2. The van der Waals surface area contributed by atoms with Crippen LogP contribution in [-0.4, -0.2) is 9.61 Å². The molecule has 3 rings (SSSR count). The number of fused-ring (bicyclic) bond motifs is 1. The fraction of sp³-hybridized carbons (Fsp3) is 0.231. The predicted octanol–water partition coefficient (Wildman–Crippen LogP) is 2.53. The van der Waals surface area contributed by atoms with Gasteiger partial charge in [0.2, 0.25) is 0 Å². The number of aromatic nitrogens is 2. The zero-order valence-corrected chi connectivity index (χ0v) is 8.85. The van der Waals surface area contributed by atoms with Gasteiger partial charge >= 0.3 is 0 Å². The molecule has 2 aromatic heterocycles.